The molecule has 0 saturated carbocycles. The van der Waals surface area contributed by atoms with Crippen molar-refractivity contribution in [2.24, 2.45) is 0 Å². The van der Waals surface area contributed by atoms with Gasteiger partial charge in [-0.3, -0.25) is 9.59 Å². The Balaban J connectivity index is 4.24. The van der Waals surface area contributed by atoms with E-state index in [0.29, 0.717) is 17.4 Å². The number of aliphatic carboxylic acids is 1. The second kappa shape index (κ2) is 70.0. The summed E-state index contributed by atoms with van der Waals surface area (Å²) >= 11 is 0. The van der Waals surface area contributed by atoms with Crippen molar-refractivity contribution < 1.29 is 42.9 Å². The van der Waals surface area contributed by atoms with Gasteiger partial charge in [0.15, 0.2) is 6.10 Å². The van der Waals surface area contributed by atoms with E-state index in [1.165, 1.54) is 51.4 Å². The number of allylic oxidation sites excluding steroid dienone is 32. The summed E-state index contributed by atoms with van der Waals surface area (Å²) in [6.07, 6.45) is 105. The Labute approximate surface area is 557 Å². The molecule has 0 aromatic carbocycles. The molecule has 0 spiro atoms. The van der Waals surface area contributed by atoms with Crippen LogP contribution in [0.1, 0.15) is 245 Å². The number of nitrogens with zero attached hydrogens (tertiary/aromatic N) is 1. The van der Waals surface area contributed by atoms with Crippen molar-refractivity contribution >= 4 is 17.9 Å². The molecule has 0 aliphatic heterocycles. The van der Waals surface area contributed by atoms with Crippen LogP contribution in [0.3, 0.4) is 0 Å². The first-order valence-corrected chi connectivity index (χ1v) is 35.6. The molecule has 0 amide bonds. The van der Waals surface area contributed by atoms with Crippen LogP contribution < -0.4 is 0 Å². The van der Waals surface area contributed by atoms with Crippen LogP contribution in [-0.2, 0) is 33.3 Å². The van der Waals surface area contributed by atoms with E-state index >= 15 is 0 Å². The van der Waals surface area contributed by atoms with E-state index in [2.05, 4.69) is 208 Å². The van der Waals surface area contributed by atoms with Crippen molar-refractivity contribution in [3.63, 3.8) is 0 Å². The average molecular weight is 1260 g/mol. The van der Waals surface area contributed by atoms with Crippen molar-refractivity contribution in [2.45, 2.75) is 257 Å². The van der Waals surface area contributed by atoms with Crippen LogP contribution in [0.2, 0.25) is 0 Å². The summed E-state index contributed by atoms with van der Waals surface area (Å²) in [4.78, 5) is 37.7. The summed E-state index contributed by atoms with van der Waals surface area (Å²) in [6, 6.07) is 0. The summed E-state index contributed by atoms with van der Waals surface area (Å²) in [5.74, 6) is -2.05. The van der Waals surface area contributed by atoms with Gasteiger partial charge in [-0.05, 0) is 141 Å². The Morgan fingerprint density at radius 3 is 0.879 bits per heavy atom. The van der Waals surface area contributed by atoms with Gasteiger partial charge >= 0.3 is 17.9 Å². The zero-order chi connectivity index (χ0) is 66.1. The lowest BCUT2D eigenvalue weighted by molar-refractivity contribution is -0.870. The average Bonchev–Trinajstić information content (AvgIpc) is 3.63. The van der Waals surface area contributed by atoms with E-state index in [1.807, 2.05) is 21.1 Å². The third-order valence-corrected chi connectivity index (χ3v) is 14.3. The Hall–Kier alpha value is -5.87. The lowest BCUT2D eigenvalue weighted by Crippen LogP contribution is -2.40. The fraction of sp³-hybridized carbons (Fsp3) is 0.573. The number of esters is 2. The van der Waals surface area contributed by atoms with E-state index in [9.17, 15) is 19.5 Å². The predicted octanol–water partition coefficient (Wildman–Crippen LogP) is 22.6. The molecular weight excluding hydrogens is 1130 g/mol. The third-order valence-electron chi connectivity index (χ3n) is 14.3. The highest BCUT2D eigenvalue weighted by atomic mass is 16.7. The Morgan fingerprint density at radius 1 is 0.330 bits per heavy atom. The molecule has 9 heteroatoms. The number of likely N-dealkylation sites (N-methyl/N-ethyl adjacent to an activating group) is 1. The largest absolute Gasteiger partial charge is 0.477 e. The number of ether oxygens (including phenoxy) is 4. The minimum absolute atomic E-state index is 0.173. The Morgan fingerprint density at radius 2 is 0.593 bits per heavy atom. The van der Waals surface area contributed by atoms with E-state index in [4.69, 9.17) is 18.9 Å². The molecular formula is C82H130NO8+. The second-order valence-corrected chi connectivity index (χ2v) is 24.1. The first-order chi connectivity index (χ1) is 44.6. The lowest BCUT2D eigenvalue weighted by Gasteiger charge is -2.25. The molecule has 510 valence electrons. The maximum absolute atomic E-state index is 13.0. The lowest BCUT2D eigenvalue weighted by atomic mass is 10.1. The van der Waals surface area contributed by atoms with Crippen molar-refractivity contribution in [2.75, 3.05) is 47.5 Å². The smallest absolute Gasteiger partial charge is 0.361 e. The van der Waals surface area contributed by atoms with Gasteiger partial charge in [-0.25, -0.2) is 4.79 Å². The van der Waals surface area contributed by atoms with Crippen molar-refractivity contribution in [1.29, 1.82) is 0 Å². The zero-order valence-corrected chi connectivity index (χ0v) is 58.2. The molecule has 0 aromatic heterocycles. The van der Waals surface area contributed by atoms with Crippen LogP contribution in [0.5, 0.6) is 0 Å². The normalized spacial score (nSPS) is 13.9. The van der Waals surface area contributed by atoms with Crippen LogP contribution in [0.25, 0.3) is 0 Å². The van der Waals surface area contributed by atoms with E-state index < -0.39 is 24.3 Å². The summed E-state index contributed by atoms with van der Waals surface area (Å²) in [5.41, 5.74) is 0. The molecule has 0 aromatic rings. The highest BCUT2D eigenvalue weighted by molar-refractivity contribution is 5.71. The number of carbonyl (C=O) groups is 3. The topological polar surface area (TPSA) is 108 Å². The van der Waals surface area contributed by atoms with Gasteiger partial charge < -0.3 is 28.5 Å². The molecule has 9 nitrogen and oxygen atoms in total. The van der Waals surface area contributed by atoms with Crippen LogP contribution >= 0.6 is 0 Å². The molecule has 0 bridgehead atoms. The fourth-order valence-corrected chi connectivity index (χ4v) is 8.99. The van der Waals surface area contributed by atoms with Crippen LogP contribution in [-0.4, -0.2) is 87.4 Å². The quantitative estimate of drug-likeness (QED) is 0.0211. The number of carboxylic acid groups (broad SMARTS) is 1. The number of unbranched alkanes of at least 4 members (excludes halogenated alkanes) is 16. The Kier molecular flexibility index (Phi) is 65.5. The van der Waals surface area contributed by atoms with Gasteiger partial charge in [-0.2, -0.15) is 0 Å². The first kappa shape index (κ1) is 85.1. The maximum Gasteiger partial charge on any atom is 0.361 e. The molecule has 0 heterocycles. The molecule has 0 saturated heterocycles. The van der Waals surface area contributed by atoms with Gasteiger partial charge in [-0.15, -0.1) is 0 Å². The van der Waals surface area contributed by atoms with Crippen molar-refractivity contribution in [3.8, 4) is 0 Å². The van der Waals surface area contributed by atoms with Crippen LogP contribution in [0.15, 0.2) is 194 Å². The number of carboxylic acids is 1. The molecule has 0 fully saturated rings. The van der Waals surface area contributed by atoms with E-state index in [-0.39, 0.29) is 38.6 Å². The summed E-state index contributed by atoms with van der Waals surface area (Å²) in [6.45, 7) is 4.61. The zero-order valence-electron chi connectivity index (χ0n) is 58.2. The van der Waals surface area contributed by atoms with Gasteiger partial charge in [0.1, 0.15) is 13.2 Å². The van der Waals surface area contributed by atoms with Gasteiger partial charge in [0.05, 0.1) is 34.4 Å². The number of rotatable bonds is 63. The van der Waals surface area contributed by atoms with Gasteiger partial charge in [0.25, 0.3) is 6.29 Å². The second-order valence-electron chi connectivity index (χ2n) is 24.1. The first-order valence-electron chi connectivity index (χ1n) is 35.6. The van der Waals surface area contributed by atoms with Crippen LogP contribution in [0, 0.1) is 0 Å². The highest BCUT2D eigenvalue weighted by Gasteiger charge is 2.25. The standard InChI is InChI=1S/C82H129NO8/c1-6-8-10-12-14-16-18-20-22-24-26-28-30-32-34-36-38-40-42-44-46-48-50-52-54-56-58-60-62-64-66-68-70-72-79(84)89-76-78(77-90-82(81(86)87)88-75-74-83(3,4)5)91-80(85)73-71-69-67-65-63-61-59-57-55-53-51-49-47-45-43-41-39-37-35-33-31-29-27-25-23-21-19-17-15-13-11-9-7-2/h8-11,14-17,20-23,26-29,32-35,38-41,44-47,50-53,78,82H,6-7,12-13,18-19,24-25,30-31,36-37,42-43,48-49,54-77H2,1-5H3/p+1/b10-8-,11-9-,16-14-,17-15-,22-20-,23-21-,28-26-,29-27-,34-32-,35-33-,40-38-,41-39-,46-44-,47-45-,52-50-,53-51-. The van der Waals surface area contributed by atoms with Gasteiger partial charge in [0.2, 0.25) is 0 Å². The molecule has 0 rings (SSSR count). The molecule has 0 aliphatic carbocycles. The SMILES string of the molecule is CC/C=C\C/C=C\C/C=C\C/C=C\C/C=C\C/C=C\C/C=C\C/C=C\CCCCCCCCCCC(=O)OCC(COC(OCC[N+](C)(C)C)C(=O)O)OC(=O)CCCCCCCCCC/C=C\C/C=C\C/C=C\C/C=C\C/C=C\C/C=C\C/C=C\C/C=C\CC. The number of carbonyl (C=O) groups excluding carboxylic acids is 2. The molecule has 2 atom stereocenters. The Bertz CT molecular complexity index is 2200. The van der Waals surface area contributed by atoms with Crippen LogP contribution in [0.4, 0.5) is 0 Å². The molecule has 1 N–H and O–H groups in total. The molecule has 0 radical (unpaired) electrons. The number of hydrogen-bond donors (Lipinski definition) is 1. The van der Waals surface area contributed by atoms with Gasteiger partial charge in [0, 0.05) is 12.8 Å². The van der Waals surface area contributed by atoms with E-state index in [1.54, 1.807) is 0 Å². The third kappa shape index (κ3) is 71.4. The maximum atomic E-state index is 13.0. The van der Waals surface area contributed by atoms with Gasteiger partial charge in [-0.1, -0.05) is 285 Å². The molecule has 2 unspecified atom stereocenters. The molecule has 91 heavy (non-hydrogen) atoms. The number of hydrogen-bond acceptors (Lipinski definition) is 7. The summed E-state index contributed by atoms with van der Waals surface area (Å²) < 4.78 is 23.0. The van der Waals surface area contributed by atoms with E-state index in [0.717, 1.165) is 161 Å². The summed E-state index contributed by atoms with van der Waals surface area (Å²) in [5, 5.41) is 9.75. The molecule has 0 aliphatic rings. The predicted molar refractivity (Wildman–Crippen MR) is 391 cm³/mol. The number of quaternary nitrogens is 1. The fourth-order valence-electron chi connectivity index (χ4n) is 8.99. The summed E-state index contributed by atoms with van der Waals surface area (Å²) in [7, 11) is 5.96. The van der Waals surface area contributed by atoms with Crippen molar-refractivity contribution in [3.05, 3.63) is 194 Å². The minimum Gasteiger partial charge on any atom is -0.477 e. The minimum atomic E-state index is -1.53. The monoisotopic (exact) mass is 1260 g/mol. The van der Waals surface area contributed by atoms with Crippen molar-refractivity contribution in [1.82, 2.24) is 0 Å². The highest BCUT2D eigenvalue weighted by Crippen LogP contribution is 2.15.